The number of ether oxygens (including phenoxy) is 1. The van der Waals surface area contributed by atoms with Gasteiger partial charge in [0, 0.05) is 7.05 Å². The lowest BCUT2D eigenvalue weighted by atomic mass is 10.3. The predicted molar refractivity (Wildman–Crippen MR) is 76.4 cm³/mol. The zero-order valence-corrected chi connectivity index (χ0v) is 12.1. The summed E-state index contributed by atoms with van der Waals surface area (Å²) in [6, 6.07) is 9.52. The number of nitrogens with zero attached hydrogens (tertiary/aromatic N) is 3. The molecular formula is C13H16N4O2S. The van der Waals surface area contributed by atoms with Gasteiger partial charge < -0.3 is 15.0 Å². The molecule has 1 heterocycles. The van der Waals surface area contributed by atoms with E-state index < -0.39 is 0 Å². The van der Waals surface area contributed by atoms with Crippen LogP contribution in [-0.2, 0) is 11.8 Å². The van der Waals surface area contributed by atoms with Crippen LogP contribution in [0, 0.1) is 0 Å². The first kappa shape index (κ1) is 14.4. The van der Waals surface area contributed by atoms with E-state index in [2.05, 4.69) is 10.2 Å². The first-order chi connectivity index (χ1) is 9.58. The molecular weight excluding hydrogens is 276 g/mol. The Morgan fingerprint density at radius 3 is 2.75 bits per heavy atom. The van der Waals surface area contributed by atoms with Crippen molar-refractivity contribution in [3.05, 3.63) is 36.2 Å². The molecule has 0 aliphatic carbocycles. The maximum Gasteiger partial charge on any atom is 0.227 e. The molecule has 0 radical (unpaired) electrons. The van der Waals surface area contributed by atoms with Crippen LogP contribution in [0.25, 0.3) is 0 Å². The Morgan fingerprint density at radius 2 is 2.10 bits per heavy atom. The fourth-order valence-electron chi connectivity index (χ4n) is 1.70. The maximum atomic E-state index is 10.8. The van der Waals surface area contributed by atoms with Crippen LogP contribution in [0.15, 0.2) is 35.5 Å². The summed E-state index contributed by atoms with van der Waals surface area (Å²) in [5, 5.41) is 8.78. The summed E-state index contributed by atoms with van der Waals surface area (Å²) in [7, 11) is 1.84. The molecule has 1 atom stereocenters. The first-order valence-corrected chi connectivity index (χ1v) is 7.08. The minimum absolute atomic E-state index is 0.180. The molecule has 0 saturated carbocycles. The third-order valence-electron chi connectivity index (χ3n) is 2.63. The van der Waals surface area contributed by atoms with Crippen LogP contribution in [0.3, 0.4) is 0 Å². The van der Waals surface area contributed by atoms with Gasteiger partial charge in [-0.2, -0.15) is 0 Å². The van der Waals surface area contributed by atoms with E-state index in [1.165, 1.54) is 11.8 Å². The van der Waals surface area contributed by atoms with Crippen molar-refractivity contribution in [2.75, 3.05) is 5.75 Å². The highest BCUT2D eigenvalue weighted by atomic mass is 32.2. The van der Waals surface area contributed by atoms with Crippen molar-refractivity contribution in [1.82, 2.24) is 14.8 Å². The Morgan fingerprint density at radius 1 is 1.40 bits per heavy atom. The summed E-state index contributed by atoms with van der Waals surface area (Å²) in [5.41, 5.74) is 5.12. The Labute approximate surface area is 121 Å². The van der Waals surface area contributed by atoms with Gasteiger partial charge in [-0.25, -0.2) is 0 Å². The van der Waals surface area contributed by atoms with Crippen molar-refractivity contribution >= 4 is 17.7 Å². The molecule has 0 fully saturated rings. The van der Waals surface area contributed by atoms with Gasteiger partial charge in [0.25, 0.3) is 0 Å². The van der Waals surface area contributed by atoms with E-state index in [9.17, 15) is 4.79 Å². The van der Waals surface area contributed by atoms with Gasteiger partial charge in [0.15, 0.2) is 17.1 Å². The number of hydrogen-bond acceptors (Lipinski definition) is 5. The topological polar surface area (TPSA) is 83.0 Å². The summed E-state index contributed by atoms with van der Waals surface area (Å²) in [5.74, 6) is 1.27. The van der Waals surface area contributed by atoms with Gasteiger partial charge in [-0.1, -0.05) is 30.0 Å². The van der Waals surface area contributed by atoms with Gasteiger partial charge >= 0.3 is 0 Å². The number of para-hydroxylation sites is 1. The highest BCUT2D eigenvalue weighted by Gasteiger charge is 2.17. The molecule has 0 spiro atoms. The van der Waals surface area contributed by atoms with Crippen LogP contribution in [0.5, 0.6) is 5.75 Å². The lowest BCUT2D eigenvalue weighted by Gasteiger charge is -2.14. The van der Waals surface area contributed by atoms with E-state index in [1.807, 2.05) is 44.3 Å². The average Bonchev–Trinajstić information content (AvgIpc) is 2.79. The molecule has 2 rings (SSSR count). The minimum Gasteiger partial charge on any atom is -0.483 e. The van der Waals surface area contributed by atoms with Crippen molar-refractivity contribution in [1.29, 1.82) is 0 Å². The van der Waals surface area contributed by atoms with Crippen LogP contribution in [0.4, 0.5) is 0 Å². The fraction of sp³-hybridized carbons (Fsp3) is 0.308. The molecule has 2 aromatic rings. The summed E-state index contributed by atoms with van der Waals surface area (Å²) in [4.78, 5) is 10.8. The molecule has 20 heavy (non-hydrogen) atoms. The Kier molecular flexibility index (Phi) is 4.62. The van der Waals surface area contributed by atoms with Crippen LogP contribution in [0.1, 0.15) is 18.9 Å². The van der Waals surface area contributed by atoms with Gasteiger partial charge in [-0.05, 0) is 19.1 Å². The summed E-state index contributed by atoms with van der Waals surface area (Å²) in [6.07, 6.45) is -0.238. The van der Waals surface area contributed by atoms with Crippen molar-refractivity contribution in [2.45, 2.75) is 18.2 Å². The second-order valence-electron chi connectivity index (χ2n) is 4.23. The smallest absolute Gasteiger partial charge is 0.227 e. The van der Waals surface area contributed by atoms with E-state index in [-0.39, 0.29) is 17.8 Å². The number of benzene rings is 1. The van der Waals surface area contributed by atoms with Gasteiger partial charge in [0.05, 0.1) is 5.75 Å². The van der Waals surface area contributed by atoms with Crippen molar-refractivity contribution in [3.8, 4) is 5.75 Å². The van der Waals surface area contributed by atoms with E-state index in [4.69, 9.17) is 10.5 Å². The van der Waals surface area contributed by atoms with Gasteiger partial charge in [-0.15, -0.1) is 10.2 Å². The molecule has 106 valence electrons. The largest absolute Gasteiger partial charge is 0.483 e. The number of primary amides is 1. The third kappa shape index (κ3) is 3.51. The highest BCUT2D eigenvalue weighted by Crippen LogP contribution is 2.23. The second-order valence-corrected chi connectivity index (χ2v) is 5.17. The Bertz CT molecular complexity index is 585. The lowest BCUT2D eigenvalue weighted by Crippen LogP contribution is -2.14. The number of carbonyl (C=O) groups excluding carboxylic acids is 1. The number of aromatic nitrogens is 3. The third-order valence-corrected chi connectivity index (χ3v) is 3.67. The quantitative estimate of drug-likeness (QED) is 0.816. The monoisotopic (exact) mass is 292 g/mol. The summed E-state index contributed by atoms with van der Waals surface area (Å²) < 4.78 is 7.60. The molecule has 1 amide bonds. The number of thioether (sulfide) groups is 1. The van der Waals surface area contributed by atoms with Crippen LogP contribution in [0.2, 0.25) is 0 Å². The minimum atomic E-state index is -0.381. The SMILES string of the molecule is CC(Oc1ccccc1)c1nnc(SCC(N)=O)n1C. The summed E-state index contributed by atoms with van der Waals surface area (Å²) in [6.45, 7) is 1.90. The molecule has 1 unspecified atom stereocenters. The Balaban J connectivity index is 2.07. The number of hydrogen-bond donors (Lipinski definition) is 1. The molecule has 1 aromatic carbocycles. The zero-order valence-electron chi connectivity index (χ0n) is 11.3. The molecule has 0 saturated heterocycles. The van der Waals surface area contributed by atoms with Crippen molar-refractivity contribution < 1.29 is 9.53 Å². The number of rotatable bonds is 6. The van der Waals surface area contributed by atoms with Crippen LogP contribution in [-0.4, -0.2) is 26.4 Å². The molecule has 1 aromatic heterocycles. The Hall–Kier alpha value is -2.02. The maximum absolute atomic E-state index is 10.8. The van der Waals surface area contributed by atoms with Crippen molar-refractivity contribution in [3.63, 3.8) is 0 Å². The predicted octanol–water partition coefficient (Wildman–Crippen LogP) is 1.53. The second kappa shape index (κ2) is 6.42. The van der Waals surface area contributed by atoms with Crippen molar-refractivity contribution in [2.24, 2.45) is 12.8 Å². The van der Waals surface area contributed by atoms with Gasteiger partial charge in [-0.3, -0.25) is 4.79 Å². The molecule has 0 bridgehead atoms. The highest BCUT2D eigenvalue weighted by molar-refractivity contribution is 7.99. The molecule has 6 nitrogen and oxygen atoms in total. The van der Waals surface area contributed by atoms with E-state index in [1.54, 1.807) is 4.57 Å². The number of nitrogens with two attached hydrogens (primary N) is 1. The van der Waals surface area contributed by atoms with Gasteiger partial charge in [0.1, 0.15) is 5.75 Å². The van der Waals surface area contributed by atoms with E-state index in [0.717, 1.165) is 5.75 Å². The number of carbonyl (C=O) groups is 1. The standard InChI is InChI=1S/C13H16N4O2S/c1-9(19-10-6-4-3-5-7-10)12-15-16-13(17(12)2)20-8-11(14)18/h3-7,9H,8H2,1-2H3,(H2,14,18). The first-order valence-electron chi connectivity index (χ1n) is 6.10. The lowest BCUT2D eigenvalue weighted by molar-refractivity contribution is -0.115. The van der Waals surface area contributed by atoms with E-state index >= 15 is 0 Å². The van der Waals surface area contributed by atoms with E-state index in [0.29, 0.717) is 11.0 Å². The number of amides is 1. The molecule has 2 N–H and O–H groups in total. The van der Waals surface area contributed by atoms with Crippen LogP contribution < -0.4 is 10.5 Å². The average molecular weight is 292 g/mol. The molecule has 0 aliphatic heterocycles. The summed E-state index contributed by atoms with van der Waals surface area (Å²) >= 11 is 1.26. The fourth-order valence-corrected chi connectivity index (χ4v) is 2.35. The zero-order chi connectivity index (χ0) is 14.5. The molecule has 7 heteroatoms. The van der Waals surface area contributed by atoms with Gasteiger partial charge in [0.2, 0.25) is 5.91 Å². The van der Waals surface area contributed by atoms with Crippen LogP contribution >= 0.6 is 11.8 Å². The normalized spacial score (nSPS) is 12.1. The molecule has 0 aliphatic rings.